The number of aryl methyl sites for hydroxylation is 1. The second kappa shape index (κ2) is 6.25. The first-order chi connectivity index (χ1) is 11.8. The highest BCUT2D eigenvalue weighted by Crippen LogP contribution is 2.21. The Bertz CT molecular complexity index is 940. The molecular formula is C16H13N5O2S. The van der Waals surface area contributed by atoms with Crippen LogP contribution in [0.4, 0.5) is 5.95 Å². The van der Waals surface area contributed by atoms with Crippen LogP contribution < -0.4 is 5.32 Å². The van der Waals surface area contributed by atoms with E-state index < -0.39 is 0 Å². The lowest BCUT2D eigenvalue weighted by Gasteiger charge is -1.99. The van der Waals surface area contributed by atoms with Gasteiger partial charge in [-0.05, 0) is 23.6 Å². The van der Waals surface area contributed by atoms with Crippen molar-refractivity contribution >= 4 is 34.2 Å². The zero-order valence-corrected chi connectivity index (χ0v) is 13.3. The van der Waals surface area contributed by atoms with Gasteiger partial charge in [0.2, 0.25) is 23.6 Å². The molecule has 1 aromatic carbocycles. The van der Waals surface area contributed by atoms with E-state index in [1.165, 1.54) is 0 Å². The highest BCUT2D eigenvalue weighted by atomic mass is 32.1. The highest BCUT2D eigenvalue weighted by Gasteiger charge is 2.12. The summed E-state index contributed by atoms with van der Waals surface area (Å²) in [5.74, 6) is 1.19. The first kappa shape index (κ1) is 14.6. The summed E-state index contributed by atoms with van der Waals surface area (Å²) >= 11 is 1.56. The Morgan fingerprint density at radius 2 is 2.17 bits per heavy atom. The number of H-pyrrole nitrogens is 1. The number of rotatable bonds is 5. The average molecular weight is 339 g/mol. The summed E-state index contributed by atoms with van der Waals surface area (Å²) < 4.78 is 5.56. The molecule has 0 fully saturated rings. The van der Waals surface area contributed by atoms with Gasteiger partial charge in [0.15, 0.2) is 0 Å². The van der Waals surface area contributed by atoms with Gasteiger partial charge in [-0.2, -0.15) is 11.3 Å². The van der Waals surface area contributed by atoms with E-state index in [1.807, 2.05) is 41.1 Å². The zero-order chi connectivity index (χ0) is 16.4. The third kappa shape index (κ3) is 3.04. The van der Waals surface area contributed by atoms with Crippen molar-refractivity contribution in [2.75, 3.05) is 5.32 Å². The number of para-hydroxylation sites is 2. The SMILES string of the molecule is O=C(CCc1nnc(-c2ccsc2)o1)Nc1nc2ccccc2[nH]1. The Balaban J connectivity index is 1.36. The van der Waals surface area contributed by atoms with Gasteiger partial charge in [-0.15, -0.1) is 10.2 Å². The topological polar surface area (TPSA) is 96.7 Å². The largest absolute Gasteiger partial charge is 0.421 e. The van der Waals surface area contributed by atoms with Gasteiger partial charge in [0, 0.05) is 23.8 Å². The summed E-state index contributed by atoms with van der Waals surface area (Å²) in [6, 6.07) is 9.51. The van der Waals surface area contributed by atoms with Gasteiger partial charge in [-0.1, -0.05) is 12.1 Å². The Morgan fingerprint density at radius 1 is 1.25 bits per heavy atom. The molecule has 4 rings (SSSR count). The highest BCUT2D eigenvalue weighted by molar-refractivity contribution is 7.08. The van der Waals surface area contributed by atoms with Gasteiger partial charge in [0.05, 0.1) is 11.0 Å². The van der Waals surface area contributed by atoms with Crippen LogP contribution in [0.3, 0.4) is 0 Å². The summed E-state index contributed by atoms with van der Waals surface area (Å²) in [4.78, 5) is 19.4. The number of hydrogen-bond acceptors (Lipinski definition) is 6. The molecule has 0 saturated heterocycles. The molecule has 3 aromatic heterocycles. The van der Waals surface area contributed by atoms with E-state index in [0.29, 0.717) is 24.2 Å². The molecule has 7 nitrogen and oxygen atoms in total. The van der Waals surface area contributed by atoms with E-state index in [4.69, 9.17) is 4.42 Å². The molecule has 0 atom stereocenters. The van der Waals surface area contributed by atoms with E-state index >= 15 is 0 Å². The predicted octanol–water partition coefficient (Wildman–Crippen LogP) is 3.25. The standard InChI is InChI=1S/C16H13N5O2S/c22-13(19-16-17-11-3-1-2-4-12(11)18-16)5-6-14-20-21-15(23-14)10-7-8-24-9-10/h1-4,7-9H,5-6H2,(H2,17,18,19,22). The van der Waals surface area contributed by atoms with Crippen molar-refractivity contribution in [3.63, 3.8) is 0 Å². The maximum absolute atomic E-state index is 12.0. The van der Waals surface area contributed by atoms with Crippen molar-refractivity contribution in [3.8, 4) is 11.5 Å². The molecule has 8 heteroatoms. The molecule has 0 spiro atoms. The monoisotopic (exact) mass is 339 g/mol. The van der Waals surface area contributed by atoms with E-state index in [-0.39, 0.29) is 12.3 Å². The molecule has 0 aliphatic carbocycles. The number of benzene rings is 1. The summed E-state index contributed by atoms with van der Waals surface area (Å²) in [6.07, 6.45) is 0.617. The molecule has 0 saturated carbocycles. The molecule has 0 radical (unpaired) electrons. The Kier molecular flexibility index (Phi) is 3.80. The number of fused-ring (bicyclic) bond motifs is 1. The second-order valence-corrected chi connectivity index (χ2v) is 5.94. The van der Waals surface area contributed by atoms with Gasteiger partial charge in [-0.25, -0.2) is 4.98 Å². The summed E-state index contributed by atoms with van der Waals surface area (Å²) in [6.45, 7) is 0. The second-order valence-electron chi connectivity index (χ2n) is 5.16. The number of carbonyl (C=O) groups excluding carboxylic acids is 1. The van der Waals surface area contributed by atoms with Gasteiger partial charge >= 0.3 is 0 Å². The average Bonchev–Trinajstić information content (AvgIpc) is 3.31. The van der Waals surface area contributed by atoms with Crippen LogP contribution in [0, 0.1) is 0 Å². The lowest BCUT2D eigenvalue weighted by molar-refractivity contribution is -0.116. The molecule has 0 unspecified atom stereocenters. The van der Waals surface area contributed by atoms with Crippen LogP contribution >= 0.6 is 11.3 Å². The van der Waals surface area contributed by atoms with E-state index in [0.717, 1.165) is 16.6 Å². The molecule has 0 bridgehead atoms. The molecule has 120 valence electrons. The number of nitrogens with one attached hydrogen (secondary N) is 2. The Morgan fingerprint density at radius 3 is 3.00 bits per heavy atom. The van der Waals surface area contributed by atoms with Crippen molar-refractivity contribution in [3.05, 3.63) is 47.0 Å². The lowest BCUT2D eigenvalue weighted by atomic mass is 10.3. The molecule has 2 N–H and O–H groups in total. The molecule has 4 aromatic rings. The number of anilines is 1. The number of carbonyl (C=O) groups is 1. The number of hydrogen-bond donors (Lipinski definition) is 2. The number of aromatic amines is 1. The number of nitrogens with zero attached hydrogens (tertiary/aromatic N) is 3. The van der Waals surface area contributed by atoms with Crippen molar-refractivity contribution < 1.29 is 9.21 Å². The van der Waals surface area contributed by atoms with Crippen molar-refractivity contribution in [2.24, 2.45) is 0 Å². The van der Waals surface area contributed by atoms with Gasteiger partial charge in [0.1, 0.15) is 0 Å². The fraction of sp³-hybridized carbons (Fsp3) is 0.125. The Hall–Kier alpha value is -3.00. The van der Waals surface area contributed by atoms with Crippen molar-refractivity contribution in [2.45, 2.75) is 12.8 Å². The molecule has 0 aliphatic rings. The fourth-order valence-corrected chi connectivity index (χ4v) is 2.91. The summed E-state index contributed by atoms with van der Waals surface area (Å²) in [7, 11) is 0. The van der Waals surface area contributed by atoms with Crippen molar-refractivity contribution in [1.82, 2.24) is 20.2 Å². The molecule has 24 heavy (non-hydrogen) atoms. The van der Waals surface area contributed by atoms with E-state index in [9.17, 15) is 4.79 Å². The van der Waals surface area contributed by atoms with Crippen LogP contribution in [0.1, 0.15) is 12.3 Å². The van der Waals surface area contributed by atoms with Crippen LogP contribution in [0.25, 0.3) is 22.5 Å². The number of imidazole rings is 1. The Labute approximate surface area is 140 Å². The quantitative estimate of drug-likeness (QED) is 0.582. The molecule has 0 aliphatic heterocycles. The van der Waals surface area contributed by atoms with Crippen LogP contribution in [-0.2, 0) is 11.2 Å². The van der Waals surface area contributed by atoms with Gasteiger partial charge in [-0.3, -0.25) is 10.1 Å². The third-order valence-corrected chi connectivity index (χ3v) is 4.13. The summed E-state index contributed by atoms with van der Waals surface area (Å²) in [5.41, 5.74) is 2.58. The normalized spacial score (nSPS) is 11.0. The minimum Gasteiger partial charge on any atom is -0.421 e. The number of thiophene rings is 1. The summed E-state index contributed by atoms with van der Waals surface area (Å²) in [5, 5.41) is 14.6. The third-order valence-electron chi connectivity index (χ3n) is 3.45. The molecule has 3 heterocycles. The maximum atomic E-state index is 12.0. The van der Waals surface area contributed by atoms with Gasteiger partial charge < -0.3 is 9.40 Å². The molecular weight excluding hydrogens is 326 g/mol. The fourth-order valence-electron chi connectivity index (χ4n) is 2.28. The number of amides is 1. The smallest absolute Gasteiger partial charge is 0.248 e. The first-order valence-electron chi connectivity index (χ1n) is 7.37. The predicted molar refractivity (Wildman–Crippen MR) is 90.7 cm³/mol. The van der Waals surface area contributed by atoms with Crippen LogP contribution in [0.2, 0.25) is 0 Å². The van der Waals surface area contributed by atoms with E-state index in [1.54, 1.807) is 11.3 Å². The first-order valence-corrected chi connectivity index (χ1v) is 8.32. The zero-order valence-electron chi connectivity index (χ0n) is 12.5. The van der Waals surface area contributed by atoms with Gasteiger partial charge in [0.25, 0.3) is 0 Å². The van der Waals surface area contributed by atoms with Crippen LogP contribution in [0.5, 0.6) is 0 Å². The number of aromatic nitrogens is 4. The van der Waals surface area contributed by atoms with Crippen molar-refractivity contribution in [1.29, 1.82) is 0 Å². The van der Waals surface area contributed by atoms with E-state index in [2.05, 4.69) is 25.5 Å². The van der Waals surface area contributed by atoms with Crippen LogP contribution in [-0.4, -0.2) is 26.1 Å². The maximum Gasteiger partial charge on any atom is 0.248 e. The minimum absolute atomic E-state index is 0.163. The van der Waals surface area contributed by atoms with Crippen LogP contribution in [0.15, 0.2) is 45.5 Å². The minimum atomic E-state index is -0.163. The lowest BCUT2D eigenvalue weighted by Crippen LogP contribution is -2.13. The molecule has 1 amide bonds.